The smallest absolute Gasteiger partial charge is 0.267 e. The Kier molecular flexibility index (Phi) is 4.32. The highest BCUT2D eigenvalue weighted by Gasteiger charge is 2.24. The molecule has 118 valence electrons. The van der Waals surface area contributed by atoms with Crippen LogP contribution in [0, 0.1) is 25.5 Å². The van der Waals surface area contributed by atoms with Gasteiger partial charge in [-0.2, -0.15) is 0 Å². The Hall–Kier alpha value is -2.22. The van der Waals surface area contributed by atoms with E-state index >= 15 is 0 Å². The largest absolute Gasteiger partial charge is 0.465 e. The second-order valence-corrected chi connectivity index (χ2v) is 6.33. The zero-order valence-corrected chi connectivity index (χ0v) is 12.6. The molecular formula is C14H13F2NO4S. The zero-order valence-electron chi connectivity index (χ0n) is 11.8. The summed E-state index contributed by atoms with van der Waals surface area (Å²) in [5.41, 5.74) is -0.490. The highest BCUT2D eigenvalue weighted by Crippen LogP contribution is 2.19. The molecule has 0 unspecified atom stereocenters. The third-order valence-electron chi connectivity index (χ3n) is 2.93. The van der Waals surface area contributed by atoms with Gasteiger partial charge in [0.05, 0.1) is 6.42 Å². The second kappa shape index (κ2) is 5.88. The van der Waals surface area contributed by atoms with Crippen molar-refractivity contribution in [3.05, 3.63) is 53.0 Å². The number of sulfonamides is 1. The van der Waals surface area contributed by atoms with E-state index in [-0.39, 0.29) is 10.7 Å². The molecule has 0 aliphatic carbocycles. The average molecular weight is 329 g/mol. The molecule has 0 spiro atoms. The molecule has 1 heterocycles. The van der Waals surface area contributed by atoms with Gasteiger partial charge in [-0.3, -0.25) is 4.79 Å². The summed E-state index contributed by atoms with van der Waals surface area (Å²) >= 11 is 0. The summed E-state index contributed by atoms with van der Waals surface area (Å²) in [6, 6.07) is 4.39. The van der Waals surface area contributed by atoms with Crippen molar-refractivity contribution in [1.82, 2.24) is 4.72 Å². The lowest BCUT2D eigenvalue weighted by Crippen LogP contribution is -2.32. The highest BCUT2D eigenvalue weighted by molar-refractivity contribution is 7.90. The number of nitrogens with one attached hydrogen (secondary N) is 1. The summed E-state index contributed by atoms with van der Waals surface area (Å²) < 4.78 is 57.9. The van der Waals surface area contributed by atoms with Gasteiger partial charge < -0.3 is 4.42 Å². The zero-order chi connectivity index (χ0) is 16.5. The van der Waals surface area contributed by atoms with Crippen LogP contribution in [-0.2, 0) is 21.2 Å². The Morgan fingerprint density at radius 3 is 2.32 bits per heavy atom. The molecule has 0 fully saturated rings. The molecule has 1 amide bonds. The molecule has 2 rings (SSSR count). The number of rotatable bonds is 4. The molecule has 0 saturated carbocycles. The van der Waals surface area contributed by atoms with Crippen molar-refractivity contribution in [2.45, 2.75) is 25.2 Å². The van der Waals surface area contributed by atoms with Gasteiger partial charge in [0.1, 0.15) is 28.1 Å². The van der Waals surface area contributed by atoms with Crippen molar-refractivity contribution in [1.29, 1.82) is 0 Å². The first kappa shape index (κ1) is 16.2. The summed E-state index contributed by atoms with van der Waals surface area (Å²) in [4.78, 5) is 11.6. The molecule has 0 bridgehead atoms. The maximum absolute atomic E-state index is 13.4. The van der Waals surface area contributed by atoms with Crippen LogP contribution in [0.15, 0.2) is 33.6 Å². The number of hydrogen-bond donors (Lipinski definition) is 1. The Labute approximate surface area is 126 Å². The standard InChI is InChI=1S/C14H13F2NO4S/c1-8-6-13(9(2)21-8)22(19,20)17-14(18)7-10-11(15)4-3-5-12(10)16/h3-6H,7H2,1-2H3,(H,17,18). The van der Waals surface area contributed by atoms with Crippen molar-refractivity contribution in [2.24, 2.45) is 0 Å². The van der Waals surface area contributed by atoms with Crippen molar-refractivity contribution in [2.75, 3.05) is 0 Å². The number of furan rings is 1. The minimum atomic E-state index is -4.15. The van der Waals surface area contributed by atoms with E-state index in [9.17, 15) is 22.0 Å². The van der Waals surface area contributed by atoms with Gasteiger partial charge in [0, 0.05) is 11.6 Å². The van der Waals surface area contributed by atoms with Crippen LogP contribution >= 0.6 is 0 Å². The summed E-state index contributed by atoms with van der Waals surface area (Å²) in [5, 5.41) is 0. The molecule has 1 aromatic heterocycles. The minimum absolute atomic E-state index is 0.120. The van der Waals surface area contributed by atoms with Crippen LogP contribution in [0.2, 0.25) is 0 Å². The fourth-order valence-electron chi connectivity index (χ4n) is 1.98. The predicted molar refractivity (Wildman–Crippen MR) is 73.6 cm³/mol. The van der Waals surface area contributed by atoms with E-state index in [4.69, 9.17) is 4.42 Å². The minimum Gasteiger partial charge on any atom is -0.465 e. The monoisotopic (exact) mass is 329 g/mol. The van der Waals surface area contributed by atoms with Crippen LogP contribution in [-0.4, -0.2) is 14.3 Å². The van der Waals surface area contributed by atoms with E-state index in [1.807, 2.05) is 0 Å². The third kappa shape index (κ3) is 3.33. The van der Waals surface area contributed by atoms with E-state index in [1.165, 1.54) is 13.0 Å². The quantitative estimate of drug-likeness (QED) is 0.933. The Morgan fingerprint density at radius 2 is 1.82 bits per heavy atom. The van der Waals surface area contributed by atoms with Gasteiger partial charge in [-0.15, -0.1) is 0 Å². The highest BCUT2D eigenvalue weighted by atomic mass is 32.2. The molecule has 5 nitrogen and oxygen atoms in total. The van der Waals surface area contributed by atoms with Crippen molar-refractivity contribution in [3.63, 3.8) is 0 Å². The molecular weight excluding hydrogens is 316 g/mol. The number of carbonyl (C=O) groups excluding carboxylic acids is 1. The summed E-state index contributed by atoms with van der Waals surface area (Å²) in [6.45, 7) is 2.99. The first-order chi connectivity index (χ1) is 10.2. The first-order valence-electron chi connectivity index (χ1n) is 6.26. The van der Waals surface area contributed by atoms with E-state index in [2.05, 4.69) is 0 Å². The van der Waals surface area contributed by atoms with Crippen LogP contribution < -0.4 is 4.72 Å². The Morgan fingerprint density at radius 1 is 1.23 bits per heavy atom. The summed E-state index contributed by atoms with van der Waals surface area (Å²) in [6.07, 6.45) is -0.729. The second-order valence-electron chi connectivity index (χ2n) is 4.68. The number of hydrogen-bond acceptors (Lipinski definition) is 4. The van der Waals surface area contributed by atoms with Crippen LogP contribution in [0.4, 0.5) is 8.78 Å². The molecule has 1 aromatic carbocycles. The molecule has 0 saturated heterocycles. The lowest BCUT2D eigenvalue weighted by atomic mass is 10.1. The number of benzene rings is 1. The molecule has 22 heavy (non-hydrogen) atoms. The summed E-state index contributed by atoms with van der Waals surface area (Å²) in [5.74, 6) is -2.38. The van der Waals surface area contributed by atoms with Gasteiger partial charge in [-0.25, -0.2) is 21.9 Å². The number of amides is 1. The third-order valence-corrected chi connectivity index (χ3v) is 4.41. The summed E-state index contributed by atoms with van der Waals surface area (Å²) in [7, 11) is -4.15. The van der Waals surface area contributed by atoms with Gasteiger partial charge >= 0.3 is 0 Å². The van der Waals surface area contributed by atoms with Crippen molar-refractivity contribution < 1.29 is 26.4 Å². The molecule has 0 aliphatic rings. The SMILES string of the molecule is Cc1cc(S(=O)(=O)NC(=O)Cc2c(F)cccc2F)c(C)o1. The maximum Gasteiger partial charge on any atom is 0.267 e. The predicted octanol–water partition coefficient (Wildman–Crippen LogP) is 2.22. The topological polar surface area (TPSA) is 76.4 Å². The van der Waals surface area contributed by atoms with E-state index in [1.54, 1.807) is 11.6 Å². The number of carbonyl (C=O) groups is 1. The molecule has 0 radical (unpaired) electrons. The molecule has 0 atom stereocenters. The van der Waals surface area contributed by atoms with Crippen LogP contribution in [0.25, 0.3) is 0 Å². The fraction of sp³-hybridized carbons (Fsp3) is 0.214. The van der Waals surface area contributed by atoms with Crippen LogP contribution in [0.3, 0.4) is 0 Å². The van der Waals surface area contributed by atoms with Crippen LogP contribution in [0.1, 0.15) is 17.1 Å². The average Bonchev–Trinajstić information content (AvgIpc) is 2.73. The van der Waals surface area contributed by atoms with E-state index in [0.29, 0.717) is 5.76 Å². The lowest BCUT2D eigenvalue weighted by Gasteiger charge is -2.07. The fourth-order valence-corrected chi connectivity index (χ4v) is 3.20. The van der Waals surface area contributed by atoms with E-state index in [0.717, 1.165) is 18.2 Å². The number of aryl methyl sites for hydroxylation is 2. The molecule has 1 N–H and O–H groups in total. The Balaban J connectivity index is 2.20. The number of halogens is 2. The van der Waals surface area contributed by atoms with Crippen LogP contribution in [0.5, 0.6) is 0 Å². The molecule has 2 aromatic rings. The van der Waals surface area contributed by atoms with Crippen molar-refractivity contribution >= 4 is 15.9 Å². The lowest BCUT2D eigenvalue weighted by molar-refractivity contribution is -0.118. The van der Waals surface area contributed by atoms with Gasteiger partial charge in [-0.05, 0) is 26.0 Å². The van der Waals surface area contributed by atoms with Gasteiger partial charge in [-0.1, -0.05) is 6.07 Å². The normalized spacial score (nSPS) is 11.5. The molecule has 8 heteroatoms. The van der Waals surface area contributed by atoms with Gasteiger partial charge in [0.15, 0.2) is 0 Å². The molecule has 0 aliphatic heterocycles. The van der Waals surface area contributed by atoms with Gasteiger partial charge in [0.25, 0.3) is 10.0 Å². The van der Waals surface area contributed by atoms with Gasteiger partial charge in [0.2, 0.25) is 5.91 Å². The Bertz CT molecular complexity index is 807. The van der Waals surface area contributed by atoms with E-state index < -0.39 is 39.5 Å². The first-order valence-corrected chi connectivity index (χ1v) is 7.74. The van der Waals surface area contributed by atoms with Crippen molar-refractivity contribution in [3.8, 4) is 0 Å². The maximum atomic E-state index is 13.4.